The number of aliphatic hydroxyl groups excluding tert-OH is 1. The van der Waals surface area contributed by atoms with E-state index in [0.29, 0.717) is 6.04 Å². The van der Waals surface area contributed by atoms with Crippen LogP contribution in [0.1, 0.15) is 25.7 Å². The second-order valence-electron chi connectivity index (χ2n) is 5.12. The molecule has 20 heavy (non-hydrogen) atoms. The molecule has 1 aromatic carbocycles. The monoisotopic (exact) mass is 333 g/mol. The van der Waals surface area contributed by atoms with Crippen molar-refractivity contribution >= 4 is 35.0 Å². The van der Waals surface area contributed by atoms with E-state index in [0.717, 1.165) is 40.2 Å². The molecule has 1 aliphatic heterocycles. The molecule has 1 saturated heterocycles. The summed E-state index contributed by atoms with van der Waals surface area (Å²) in [6, 6.07) is 6.14. The van der Waals surface area contributed by atoms with Crippen molar-refractivity contribution < 1.29 is 5.11 Å². The van der Waals surface area contributed by atoms with Gasteiger partial charge in [0, 0.05) is 34.9 Å². The quantitative estimate of drug-likeness (QED) is 0.784. The lowest BCUT2D eigenvalue weighted by molar-refractivity contribution is 0.126. The third-order valence-corrected chi connectivity index (χ3v) is 5.45. The van der Waals surface area contributed by atoms with Crippen LogP contribution >= 0.6 is 35.0 Å². The lowest BCUT2D eigenvalue weighted by atomic mass is 10.00. The van der Waals surface area contributed by atoms with E-state index in [1.807, 2.05) is 18.2 Å². The average molecular weight is 334 g/mol. The van der Waals surface area contributed by atoms with Crippen molar-refractivity contribution in [3.63, 3.8) is 0 Å². The number of hydrogen-bond donors (Lipinski definition) is 1. The molecule has 0 aliphatic carbocycles. The van der Waals surface area contributed by atoms with Gasteiger partial charge in [0.2, 0.25) is 0 Å². The molecule has 1 N–H and O–H groups in total. The molecule has 0 amide bonds. The molecule has 0 bridgehead atoms. The Bertz CT molecular complexity index is 428. The SMILES string of the molecule is OCCC1CCCCN1CCSc1cc(Cl)ccc1Cl. The molecular formula is C15H21Cl2NOS. The normalized spacial score (nSPS) is 20.2. The third kappa shape index (κ3) is 4.81. The molecule has 0 radical (unpaired) electrons. The van der Waals surface area contributed by atoms with E-state index >= 15 is 0 Å². The van der Waals surface area contributed by atoms with Gasteiger partial charge >= 0.3 is 0 Å². The standard InChI is InChI=1S/C15H21Cl2NOS/c16-12-4-5-14(17)15(11-12)20-10-8-18-7-2-1-3-13(18)6-9-19/h4-5,11,13,19H,1-3,6-10H2. The first-order valence-electron chi connectivity index (χ1n) is 7.13. The second-order valence-corrected chi connectivity index (χ2v) is 7.10. The van der Waals surface area contributed by atoms with Gasteiger partial charge in [-0.15, -0.1) is 11.8 Å². The molecule has 1 heterocycles. The fraction of sp³-hybridized carbons (Fsp3) is 0.600. The van der Waals surface area contributed by atoms with Crippen molar-refractivity contribution in [1.29, 1.82) is 0 Å². The number of piperidine rings is 1. The number of hydrogen-bond acceptors (Lipinski definition) is 3. The van der Waals surface area contributed by atoms with Crippen molar-refractivity contribution in [3.8, 4) is 0 Å². The highest BCUT2D eigenvalue weighted by molar-refractivity contribution is 7.99. The van der Waals surface area contributed by atoms with E-state index in [4.69, 9.17) is 28.3 Å². The van der Waals surface area contributed by atoms with E-state index in [1.54, 1.807) is 11.8 Å². The van der Waals surface area contributed by atoms with Crippen LogP contribution in [0, 0.1) is 0 Å². The van der Waals surface area contributed by atoms with Crippen LogP contribution in [-0.4, -0.2) is 41.5 Å². The highest BCUT2D eigenvalue weighted by Crippen LogP contribution is 2.30. The van der Waals surface area contributed by atoms with Crippen LogP contribution < -0.4 is 0 Å². The van der Waals surface area contributed by atoms with Crippen LogP contribution in [0.15, 0.2) is 23.1 Å². The molecule has 1 fully saturated rings. The minimum Gasteiger partial charge on any atom is -0.396 e. The fourth-order valence-electron chi connectivity index (χ4n) is 2.69. The Balaban J connectivity index is 1.83. The summed E-state index contributed by atoms with van der Waals surface area (Å²) >= 11 is 13.9. The number of likely N-dealkylation sites (tertiary alicyclic amines) is 1. The number of thioether (sulfide) groups is 1. The lowest BCUT2D eigenvalue weighted by Gasteiger charge is -2.35. The minimum absolute atomic E-state index is 0.286. The largest absolute Gasteiger partial charge is 0.396 e. The van der Waals surface area contributed by atoms with Crippen molar-refractivity contribution in [2.75, 3.05) is 25.4 Å². The number of nitrogens with zero attached hydrogens (tertiary/aromatic N) is 1. The maximum Gasteiger partial charge on any atom is 0.0542 e. The molecule has 0 spiro atoms. The Morgan fingerprint density at radius 3 is 2.95 bits per heavy atom. The Kier molecular flexibility index (Phi) is 6.99. The van der Waals surface area contributed by atoms with Gasteiger partial charge in [0.1, 0.15) is 0 Å². The Labute approximate surface area is 135 Å². The number of aliphatic hydroxyl groups is 1. The van der Waals surface area contributed by atoms with E-state index in [9.17, 15) is 0 Å². The Morgan fingerprint density at radius 2 is 2.15 bits per heavy atom. The van der Waals surface area contributed by atoms with E-state index in [-0.39, 0.29) is 6.61 Å². The molecule has 5 heteroatoms. The molecule has 1 aliphatic rings. The third-order valence-electron chi connectivity index (χ3n) is 3.74. The summed E-state index contributed by atoms with van der Waals surface area (Å²) in [6.45, 7) is 2.47. The van der Waals surface area contributed by atoms with Gasteiger partial charge in [-0.3, -0.25) is 4.90 Å². The summed E-state index contributed by atoms with van der Waals surface area (Å²) in [6.07, 6.45) is 4.66. The smallest absolute Gasteiger partial charge is 0.0542 e. The van der Waals surface area contributed by atoms with Crippen molar-refractivity contribution in [2.24, 2.45) is 0 Å². The molecule has 1 aromatic rings. The van der Waals surface area contributed by atoms with Gasteiger partial charge in [0.05, 0.1) is 5.02 Å². The van der Waals surface area contributed by atoms with Gasteiger partial charge in [-0.2, -0.15) is 0 Å². The first-order valence-corrected chi connectivity index (χ1v) is 8.87. The van der Waals surface area contributed by atoms with Crippen molar-refractivity contribution in [1.82, 2.24) is 4.90 Å². The summed E-state index contributed by atoms with van der Waals surface area (Å²) in [5.74, 6) is 1.00. The average Bonchev–Trinajstić information content (AvgIpc) is 2.45. The van der Waals surface area contributed by atoms with E-state index < -0.39 is 0 Å². The van der Waals surface area contributed by atoms with Gasteiger partial charge in [0.25, 0.3) is 0 Å². The van der Waals surface area contributed by atoms with Gasteiger partial charge in [0.15, 0.2) is 0 Å². The van der Waals surface area contributed by atoms with Gasteiger partial charge in [-0.25, -0.2) is 0 Å². The molecule has 0 aromatic heterocycles. The molecule has 112 valence electrons. The predicted molar refractivity (Wildman–Crippen MR) is 88.1 cm³/mol. The molecule has 1 unspecified atom stereocenters. The minimum atomic E-state index is 0.286. The summed E-state index contributed by atoms with van der Waals surface area (Å²) in [5, 5.41) is 10.6. The predicted octanol–water partition coefficient (Wildman–Crippen LogP) is 4.32. The lowest BCUT2D eigenvalue weighted by Crippen LogP contribution is -2.41. The van der Waals surface area contributed by atoms with Gasteiger partial charge in [-0.1, -0.05) is 29.6 Å². The van der Waals surface area contributed by atoms with Crippen LogP contribution in [0.25, 0.3) is 0 Å². The van der Waals surface area contributed by atoms with Crippen LogP contribution in [0.3, 0.4) is 0 Å². The zero-order valence-corrected chi connectivity index (χ0v) is 13.9. The Morgan fingerprint density at radius 1 is 1.30 bits per heavy atom. The van der Waals surface area contributed by atoms with Crippen LogP contribution in [0.5, 0.6) is 0 Å². The number of benzene rings is 1. The summed E-state index contributed by atoms with van der Waals surface area (Å²) in [4.78, 5) is 3.56. The number of halogens is 2. The highest BCUT2D eigenvalue weighted by atomic mass is 35.5. The van der Waals surface area contributed by atoms with Crippen LogP contribution in [-0.2, 0) is 0 Å². The van der Waals surface area contributed by atoms with Crippen LogP contribution in [0.4, 0.5) is 0 Å². The maximum absolute atomic E-state index is 9.14. The van der Waals surface area contributed by atoms with Crippen molar-refractivity contribution in [3.05, 3.63) is 28.2 Å². The topological polar surface area (TPSA) is 23.5 Å². The van der Waals surface area contributed by atoms with Crippen LogP contribution in [0.2, 0.25) is 10.0 Å². The fourth-order valence-corrected chi connectivity index (χ4v) is 4.17. The first-order chi connectivity index (χ1) is 9.70. The van der Waals surface area contributed by atoms with Crippen molar-refractivity contribution in [2.45, 2.75) is 36.6 Å². The van der Waals surface area contributed by atoms with E-state index in [1.165, 1.54) is 19.3 Å². The molecule has 1 atom stereocenters. The summed E-state index contributed by atoms with van der Waals surface area (Å²) < 4.78 is 0. The maximum atomic E-state index is 9.14. The Hall–Kier alpha value is 0.0700. The zero-order chi connectivity index (χ0) is 14.4. The molecule has 2 rings (SSSR count). The number of rotatable bonds is 6. The molecular weight excluding hydrogens is 313 g/mol. The highest BCUT2D eigenvalue weighted by Gasteiger charge is 2.21. The zero-order valence-electron chi connectivity index (χ0n) is 11.5. The first kappa shape index (κ1) is 16.4. The second kappa shape index (κ2) is 8.50. The molecule has 0 saturated carbocycles. The van der Waals surface area contributed by atoms with E-state index in [2.05, 4.69) is 4.90 Å². The van der Waals surface area contributed by atoms with Gasteiger partial charge in [-0.05, 0) is 44.0 Å². The molecule has 2 nitrogen and oxygen atoms in total. The summed E-state index contributed by atoms with van der Waals surface area (Å²) in [5.41, 5.74) is 0. The van der Waals surface area contributed by atoms with Gasteiger partial charge < -0.3 is 5.11 Å². The summed E-state index contributed by atoms with van der Waals surface area (Å²) in [7, 11) is 0.